The number of aliphatic hydroxyl groups excluding tert-OH is 1. The summed E-state index contributed by atoms with van der Waals surface area (Å²) in [5, 5.41) is 32.8. The second kappa shape index (κ2) is 11.6. The molecule has 3 saturated heterocycles. The van der Waals surface area contributed by atoms with Gasteiger partial charge in [0.2, 0.25) is 0 Å². The summed E-state index contributed by atoms with van der Waals surface area (Å²) in [5.74, 6) is 0. The number of aliphatic hydroxyl groups is 3. The molecule has 3 heterocycles. The van der Waals surface area contributed by atoms with E-state index in [1.54, 1.807) is 13.8 Å². The predicted molar refractivity (Wildman–Crippen MR) is 146 cm³/mol. The van der Waals surface area contributed by atoms with Crippen molar-refractivity contribution in [1.82, 2.24) is 0 Å². The fraction of sp³-hybridized carbons (Fsp3) is 0.931. The van der Waals surface area contributed by atoms with Crippen molar-refractivity contribution in [2.45, 2.75) is 170 Å². The van der Waals surface area contributed by atoms with Crippen molar-refractivity contribution in [3.05, 3.63) is 11.6 Å². The lowest BCUT2D eigenvalue weighted by atomic mass is 9.75. The molecule has 0 amide bonds. The zero-order valence-corrected chi connectivity index (χ0v) is 25.1. The number of fused-ring (bicyclic) bond motifs is 1. The summed E-state index contributed by atoms with van der Waals surface area (Å²) in [5.41, 5.74) is -1.83. The molecule has 3 fully saturated rings. The number of halogens is 1. The van der Waals surface area contributed by atoms with Crippen molar-refractivity contribution in [2.75, 3.05) is 0 Å². The molecule has 0 spiro atoms. The third kappa shape index (κ3) is 7.13. The molecular formula is C29H51BrO6. The minimum Gasteiger partial charge on any atom is -0.390 e. The second-order valence-corrected chi connectivity index (χ2v) is 14.1. The van der Waals surface area contributed by atoms with Crippen molar-refractivity contribution >= 4 is 15.9 Å². The summed E-state index contributed by atoms with van der Waals surface area (Å²) in [6.45, 7) is 14.0. The molecule has 0 radical (unpaired) electrons. The van der Waals surface area contributed by atoms with Crippen LogP contribution in [0.15, 0.2) is 11.6 Å². The Bertz CT molecular complexity index is 765. The first kappa shape index (κ1) is 30.5. The van der Waals surface area contributed by atoms with Crippen molar-refractivity contribution in [3.8, 4) is 0 Å². The highest BCUT2D eigenvalue weighted by molar-refractivity contribution is 9.09. The second-order valence-electron chi connectivity index (χ2n) is 12.9. The van der Waals surface area contributed by atoms with Gasteiger partial charge < -0.3 is 29.5 Å². The Balaban J connectivity index is 1.55. The van der Waals surface area contributed by atoms with Crippen LogP contribution in [0.2, 0.25) is 0 Å². The average Bonchev–Trinajstić information content (AvgIpc) is 2.78. The molecule has 36 heavy (non-hydrogen) atoms. The van der Waals surface area contributed by atoms with E-state index in [1.165, 1.54) is 5.57 Å². The lowest BCUT2D eigenvalue weighted by molar-refractivity contribution is -0.294. The van der Waals surface area contributed by atoms with Crippen molar-refractivity contribution in [2.24, 2.45) is 0 Å². The average molecular weight is 576 g/mol. The molecule has 3 unspecified atom stereocenters. The molecule has 210 valence electrons. The molecular weight excluding hydrogens is 524 g/mol. The molecule has 7 heteroatoms. The molecule has 10 atom stereocenters. The lowest BCUT2D eigenvalue weighted by Gasteiger charge is -2.55. The van der Waals surface area contributed by atoms with Gasteiger partial charge in [0.25, 0.3) is 0 Å². The molecule has 6 nitrogen and oxygen atoms in total. The maximum Gasteiger partial charge on any atom is 0.0921 e. The molecule has 3 aliphatic rings. The monoisotopic (exact) mass is 574 g/mol. The van der Waals surface area contributed by atoms with Gasteiger partial charge >= 0.3 is 0 Å². The van der Waals surface area contributed by atoms with E-state index in [4.69, 9.17) is 14.2 Å². The third-order valence-electron chi connectivity index (χ3n) is 9.12. The highest BCUT2D eigenvalue weighted by Crippen LogP contribution is 2.47. The van der Waals surface area contributed by atoms with E-state index < -0.39 is 22.9 Å². The van der Waals surface area contributed by atoms with Crippen LogP contribution in [0.1, 0.15) is 113 Å². The molecule has 0 aromatic rings. The number of hydrogen-bond donors (Lipinski definition) is 3. The first-order chi connectivity index (χ1) is 16.6. The zero-order valence-electron chi connectivity index (χ0n) is 23.6. The van der Waals surface area contributed by atoms with Gasteiger partial charge in [-0.2, -0.15) is 0 Å². The summed E-state index contributed by atoms with van der Waals surface area (Å²) < 4.78 is 19.7. The van der Waals surface area contributed by atoms with E-state index in [2.05, 4.69) is 42.8 Å². The van der Waals surface area contributed by atoms with Gasteiger partial charge in [0.15, 0.2) is 0 Å². The Labute approximate surface area is 227 Å². The fourth-order valence-electron chi connectivity index (χ4n) is 6.24. The normalized spacial score (nSPS) is 41.5. The van der Waals surface area contributed by atoms with E-state index in [1.807, 2.05) is 13.8 Å². The van der Waals surface area contributed by atoms with Crippen molar-refractivity contribution in [3.63, 3.8) is 0 Å². The topological polar surface area (TPSA) is 88.4 Å². The van der Waals surface area contributed by atoms with Crippen LogP contribution in [0.25, 0.3) is 0 Å². The van der Waals surface area contributed by atoms with Crippen LogP contribution in [0.5, 0.6) is 0 Å². The summed E-state index contributed by atoms with van der Waals surface area (Å²) in [6.07, 6.45) is 8.18. The van der Waals surface area contributed by atoms with Gasteiger partial charge in [0.05, 0.1) is 52.9 Å². The number of hydrogen-bond acceptors (Lipinski definition) is 6. The van der Waals surface area contributed by atoms with Crippen LogP contribution >= 0.6 is 15.9 Å². The van der Waals surface area contributed by atoms with E-state index in [0.29, 0.717) is 30.5 Å². The molecule has 0 aromatic carbocycles. The molecule has 3 aliphatic heterocycles. The van der Waals surface area contributed by atoms with Crippen molar-refractivity contribution < 1.29 is 29.5 Å². The smallest absolute Gasteiger partial charge is 0.0921 e. The Morgan fingerprint density at radius 2 is 1.61 bits per heavy atom. The first-order valence-electron chi connectivity index (χ1n) is 14.0. The minimum absolute atomic E-state index is 0.0258. The highest BCUT2D eigenvalue weighted by Gasteiger charge is 2.54. The predicted octanol–water partition coefficient (Wildman–Crippen LogP) is 5.58. The van der Waals surface area contributed by atoms with Crippen LogP contribution < -0.4 is 0 Å². The van der Waals surface area contributed by atoms with Crippen LogP contribution in [0.3, 0.4) is 0 Å². The van der Waals surface area contributed by atoms with Gasteiger partial charge in [-0.3, -0.25) is 0 Å². The third-order valence-corrected chi connectivity index (χ3v) is 10.3. The number of ether oxygens (including phenoxy) is 3. The SMILES string of the molecule is CC(C)=CCC[C@@](C)(O)[C@@H](O)CC[C@](C)(O)[C@H]1CC[C@H]2O[C@@H](C3(C)CC[C@@H](Br)C(C)O3)CCC2(C)O1. The van der Waals surface area contributed by atoms with Crippen LogP contribution in [0, 0.1) is 0 Å². The Hall–Kier alpha value is -0.0200. The van der Waals surface area contributed by atoms with Gasteiger partial charge in [-0.15, -0.1) is 0 Å². The van der Waals surface area contributed by atoms with E-state index in [0.717, 1.165) is 38.5 Å². The molecule has 0 aliphatic carbocycles. The van der Waals surface area contributed by atoms with Gasteiger partial charge in [0, 0.05) is 4.83 Å². The number of alkyl halides is 1. The summed E-state index contributed by atoms with van der Waals surface area (Å²) in [7, 11) is 0. The number of allylic oxidation sites excluding steroid dienone is 2. The molecule has 3 rings (SSSR count). The molecule has 3 N–H and O–H groups in total. The fourth-order valence-corrected chi connectivity index (χ4v) is 6.58. The lowest BCUT2D eigenvalue weighted by Crippen LogP contribution is -2.62. The van der Waals surface area contributed by atoms with E-state index >= 15 is 0 Å². The van der Waals surface area contributed by atoms with Gasteiger partial charge in [0.1, 0.15) is 0 Å². The van der Waals surface area contributed by atoms with E-state index in [-0.39, 0.29) is 30.0 Å². The highest BCUT2D eigenvalue weighted by atomic mass is 79.9. The Morgan fingerprint density at radius 1 is 1.00 bits per heavy atom. The van der Waals surface area contributed by atoms with Gasteiger partial charge in [-0.25, -0.2) is 0 Å². The maximum absolute atomic E-state index is 11.4. The molecule has 0 bridgehead atoms. The standard InChI is InChI=1S/C29H51BrO6/c1-19(2)9-8-15-26(4,32)22(31)13-16-27(5,33)23-10-11-24-29(7,36-23)18-14-25(34-24)28(6)17-12-21(30)20(3)35-28/h9,20-25,31-33H,8,10-18H2,1-7H3/t20?,21-,22+,23-,24-,25-,26-,27+,28?,29?/m1/s1. The van der Waals surface area contributed by atoms with Crippen LogP contribution in [-0.2, 0) is 14.2 Å². The Morgan fingerprint density at radius 3 is 2.25 bits per heavy atom. The summed E-state index contributed by atoms with van der Waals surface area (Å²) >= 11 is 3.73. The molecule has 0 aromatic heterocycles. The first-order valence-corrected chi connectivity index (χ1v) is 14.9. The van der Waals surface area contributed by atoms with Crippen molar-refractivity contribution in [1.29, 1.82) is 0 Å². The van der Waals surface area contributed by atoms with E-state index in [9.17, 15) is 15.3 Å². The van der Waals surface area contributed by atoms with Gasteiger partial charge in [-0.1, -0.05) is 27.6 Å². The maximum atomic E-state index is 11.4. The Kier molecular flexibility index (Phi) is 9.84. The molecule has 0 saturated carbocycles. The van der Waals surface area contributed by atoms with Gasteiger partial charge in [-0.05, 0) is 113 Å². The summed E-state index contributed by atoms with van der Waals surface area (Å²) in [4.78, 5) is 0.389. The largest absolute Gasteiger partial charge is 0.390 e. The van der Waals surface area contributed by atoms with Crippen LogP contribution in [0.4, 0.5) is 0 Å². The summed E-state index contributed by atoms with van der Waals surface area (Å²) in [6, 6.07) is 0. The number of rotatable bonds is 9. The zero-order chi connectivity index (χ0) is 26.9. The van der Waals surface area contributed by atoms with Crippen LogP contribution in [-0.4, -0.2) is 73.1 Å². The minimum atomic E-state index is -1.19. The quantitative estimate of drug-likeness (QED) is 0.246.